The Hall–Kier alpha value is -4.56. The molecule has 4 rings (SSSR count). The van der Waals surface area contributed by atoms with Gasteiger partial charge in [0.05, 0.1) is 0 Å². The van der Waals surface area contributed by atoms with Crippen LogP contribution in [0.2, 0.25) is 0 Å². The molecule has 0 saturated heterocycles. The zero-order valence-electron chi connectivity index (χ0n) is 25.7. The van der Waals surface area contributed by atoms with Gasteiger partial charge >= 0.3 is 0 Å². The maximum absolute atomic E-state index is 13.2. The van der Waals surface area contributed by atoms with E-state index < -0.39 is 11.8 Å². The van der Waals surface area contributed by atoms with Crippen molar-refractivity contribution in [2.24, 2.45) is 0 Å². The molecular formula is C36H40N4O3S. The summed E-state index contributed by atoms with van der Waals surface area (Å²) in [6, 6.07) is 24.6. The van der Waals surface area contributed by atoms with Crippen molar-refractivity contribution >= 4 is 46.5 Å². The summed E-state index contributed by atoms with van der Waals surface area (Å²) in [6.07, 6.45) is 10.5. The maximum Gasteiger partial charge on any atom is 0.261 e. The molecule has 0 spiro atoms. The Bertz CT molecular complexity index is 1510. The van der Waals surface area contributed by atoms with Crippen LogP contribution in [0.15, 0.2) is 119 Å². The zero-order valence-corrected chi connectivity index (χ0v) is 26.5. The van der Waals surface area contributed by atoms with Crippen LogP contribution in [0.3, 0.4) is 0 Å². The van der Waals surface area contributed by atoms with Crippen molar-refractivity contribution in [2.45, 2.75) is 43.9 Å². The summed E-state index contributed by atoms with van der Waals surface area (Å²) < 4.78 is 0. The zero-order chi connectivity index (χ0) is 31.5. The minimum absolute atomic E-state index is 0.0190. The molecule has 44 heavy (non-hydrogen) atoms. The first-order valence-corrected chi connectivity index (χ1v) is 16.0. The van der Waals surface area contributed by atoms with E-state index in [-0.39, 0.29) is 16.9 Å². The third kappa shape index (κ3) is 8.08. The number of para-hydroxylation sites is 2. The number of hydrogen-bond acceptors (Lipinski definition) is 5. The molecule has 7 nitrogen and oxygen atoms in total. The van der Waals surface area contributed by atoms with Crippen LogP contribution in [0.4, 0.5) is 17.1 Å². The molecular weight excluding hydrogens is 568 g/mol. The Morgan fingerprint density at radius 1 is 0.864 bits per heavy atom. The Balaban J connectivity index is 1.62. The molecule has 228 valence electrons. The summed E-state index contributed by atoms with van der Waals surface area (Å²) in [5.41, 5.74) is 4.39. The number of rotatable bonds is 12. The van der Waals surface area contributed by atoms with Crippen LogP contribution in [-0.2, 0) is 19.8 Å². The van der Waals surface area contributed by atoms with E-state index in [2.05, 4.69) is 59.2 Å². The fourth-order valence-corrected chi connectivity index (χ4v) is 5.55. The van der Waals surface area contributed by atoms with E-state index in [1.165, 1.54) is 10.5 Å². The number of nitrogens with zero attached hydrogens (tertiary/aromatic N) is 1. The molecule has 0 bridgehead atoms. The van der Waals surface area contributed by atoms with Gasteiger partial charge in [0.1, 0.15) is 5.57 Å². The van der Waals surface area contributed by atoms with Crippen LogP contribution in [0, 0.1) is 0 Å². The van der Waals surface area contributed by atoms with Gasteiger partial charge in [0.15, 0.2) is 0 Å². The van der Waals surface area contributed by atoms with Crippen molar-refractivity contribution in [3.8, 4) is 0 Å². The molecule has 0 radical (unpaired) electrons. The van der Waals surface area contributed by atoms with Crippen molar-refractivity contribution in [3.63, 3.8) is 0 Å². The lowest BCUT2D eigenvalue weighted by Crippen LogP contribution is -2.30. The number of allylic oxidation sites excluding steroid dienone is 5. The fraction of sp³-hybridized carbons (Fsp3) is 0.250. The number of benzene rings is 3. The Morgan fingerprint density at radius 3 is 2.05 bits per heavy atom. The SMILES string of the molecule is CCC(=O)NCCCN1/C(=C/C=C/C=C(C(=O)Nc2ccccc2)C(=O)Nc2ccccc2)C(C)(C)c2cc(SC)ccc21. The van der Waals surface area contributed by atoms with Gasteiger partial charge in [-0.15, -0.1) is 11.8 Å². The minimum atomic E-state index is -0.504. The molecule has 1 aliphatic heterocycles. The molecule has 3 aromatic carbocycles. The topological polar surface area (TPSA) is 90.5 Å². The van der Waals surface area contributed by atoms with E-state index in [1.54, 1.807) is 48.2 Å². The third-order valence-corrected chi connectivity index (χ3v) is 8.21. The molecule has 8 heteroatoms. The van der Waals surface area contributed by atoms with Gasteiger partial charge in [-0.25, -0.2) is 0 Å². The van der Waals surface area contributed by atoms with Crippen molar-refractivity contribution in [1.82, 2.24) is 5.32 Å². The second-order valence-electron chi connectivity index (χ2n) is 10.9. The largest absolute Gasteiger partial charge is 0.356 e. The van der Waals surface area contributed by atoms with Crippen LogP contribution in [-0.4, -0.2) is 37.1 Å². The summed E-state index contributed by atoms with van der Waals surface area (Å²) >= 11 is 1.71. The summed E-state index contributed by atoms with van der Waals surface area (Å²) in [5.74, 6) is -0.961. The fourth-order valence-electron chi connectivity index (χ4n) is 5.11. The van der Waals surface area contributed by atoms with Crippen molar-refractivity contribution in [2.75, 3.05) is 34.9 Å². The Labute approximate surface area is 264 Å². The molecule has 0 fully saturated rings. The monoisotopic (exact) mass is 608 g/mol. The predicted molar refractivity (Wildman–Crippen MR) is 182 cm³/mol. The number of carbonyl (C=O) groups excluding carboxylic acids is 3. The highest BCUT2D eigenvalue weighted by atomic mass is 32.2. The first-order valence-electron chi connectivity index (χ1n) is 14.8. The van der Waals surface area contributed by atoms with Gasteiger partial charge in [-0.05, 0) is 72.9 Å². The van der Waals surface area contributed by atoms with Crippen molar-refractivity contribution in [3.05, 3.63) is 120 Å². The molecule has 3 amide bonds. The van der Waals surface area contributed by atoms with E-state index in [0.717, 1.165) is 24.4 Å². The van der Waals surface area contributed by atoms with Crippen molar-refractivity contribution in [1.29, 1.82) is 0 Å². The maximum atomic E-state index is 13.2. The second kappa shape index (κ2) is 15.3. The summed E-state index contributed by atoms with van der Waals surface area (Å²) in [7, 11) is 0. The third-order valence-electron chi connectivity index (χ3n) is 7.48. The number of anilines is 3. The molecule has 3 N–H and O–H groups in total. The lowest BCUT2D eigenvalue weighted by atomic mass is 9.83. The number of nitrogens with one attached hydrogen (secondary N) is 3. The van der Waals surface area contributed by atoms with Crippen LogP contribution in [0.1, 0.15) is 39.2 Å². The summed E-state index contributed by atoms with van der Waals surface area (Å²) in [4.78, 5) is 41.8. The quantitative estimate of drug-likeness (QED) is 0.0511. The van der Waals surface area contributed by atoms with Gasteiger partial charge in [-0.3, -0.25) is 14.4 Å². The average Bonchev–Trinajstić information content (AvgIpc) is 3.24. The summed E-state index contributed by atoms with van der Waals surface area (Å²) in [6.45, 7) is 7.59. The van der Waals surface area contributed by atoms with E-state index in [1.807, 2.05) is 55.5 Å². The van der Waals surface area contributed by atoms with Gasteiger partial charge in [-0.1, -0.05) is 69.3 Å². The lowest BCUT2D eigenvalue weighted by Gasteiger charge is -2.27. The first kappa shape index (κ1) is 32.4. The van der Waals surface area contributed by atoms with Gasteiger partial charge in [0.2, 0.25) is 5.91 Å². The van der Waals surface area contributed by atoms with Gasteiger partial charge in [0, 0.05) is 52.6 Å². The predicted octanol–water partition coefficient (Wildman–Crippen LogP) is 7.07. The Morgan fingerprint density at radius 2 is 1.48 bits per heavy atom. The second-order valence-corrected chi connectivity index (χ2v) is 11.8. The minimum Gasteiger partial charge on any atom is -0.356 e. The highest BCUT2D eigenvalue weighted by Crippen LogP contribution is 2.48. The normalized spacial score (nSPS) is 14.3. The standard InChI is InChI=1S/C36H40N4O3S/c1-5-33(41)37-23-14-24-40-31-22-21-28(44-4)25-30(31)36(2,3)32(40)20-13-12-19-29(34(42)38-26-15-8-6-9-16-26)35(43)39-27-17-10-7-11-18-27/h6-13,15-22,25H,5,14,23-24H2,1-4H3,(H,37,41)(H,38,42)(H,39,43)/b13-12+,32-20+. The number of hydrogen-bond donors (Lipinski definition) is 3. The van der Waals surface area contributed by atoms with E-state index >= 15 is 0 Å². The van der Waals surface area contributed by atoms with Crippen LogP contribution in [0.5, 0.6) is 0 Å². The van der Waals surface area contributed by atoms with Crippen LogP contribution >= 0.6 is 11.8 Å². The molecule has 1 heterocycles. The number of carbonyl (C=O) groups is 3. The number of thioether (sulfide) groups is 1. The van der Waals surface area contributed by atoms with Crippen molar-refractivity contribution < 1.29 is 14.4 Å². The van der Waals surface area contributed by atoms with Crippen LogP contribution in [0.25, 0.3) is 0 Å². The molecule has 1 aliphatic rings. The van der Waals surface area contributed by atoms with E-state index in [0.29, 0.717) is 24.3 Å². The van der Waals surface area contributed by atoms with Crippen LogP contribution < -0.4 is 20.9 Å². The smallest absolute Gasteiger partial charge is 0.261 e. The van der Waals surface area contributed by atoms with Gasteiger partial charge in [-0.2, -0.15) is 0 Å². The van der Waals surface area contributed by atoms with E-state index in [9.17, 15) is 14.4 Å². The number of fused-ring (bicyclic) bond motifs is 1. The lowest BCUT2D eigenvalue weighted by molar-refractivity contribution is -0.121. The molecule has 3 aromatic rings. The molecule has 0 saturated carbocycles. The van der Waals surface area contributed by atoms with E-state index in [4.69, 9.17) is 0 Å². The molecule has 0 aromatic heterocycles. The summed E-state index contributed by atoms with van der Waals surface area (Å²) in [5, 5.41) is 8.60. The first-order chi connectivity index (χ1) is 21.2. The van der Waals surface area contributed by atoms with Gasteiger partial charge in [0.25, 0.3) is 11.8 Å². The van der Waals surface area contributed by atoms with Gasteiger partial charge < -0.3 is 20.9 Å². The average molecular weight is 609 g/mol. The molecule has 0 atom stereocenters. The highest BCUT2D eigenvalue weighted by molar-refractivity contribution is 7.98. The number of amides is 3. The molecule has 0 unspecified atom stereocenters. The molecule has 0 aliphatic carbocycles. The highest BCUT2D eigenvalue weighted by Gasteiger charge is 2.39. The Kier molecular flexibility index (Phi) is 11.2.